The predicted molar refractivity (Wildman–Crippen MR) is 53.7 cm³/mol. The van der Waals surface area contributed by atoms with Crippen molar-refractivity contribution in [1.29, 1.82) is 0 Å². The first kappa shape index (κ1) is 14.2. The summed E-state index contributed by atoms with van der Waals surface area (Å²) in [6, 6.07) is 0. The molecule has 0 aromatic carbocycles. The molecule has 0 amide bonds. The summed E-state index contributed by atoms with van der Waals surface area (Å²) in [5.74, 6) is 0. The van der Waals surface area contributed by atoms with E-state index in [9.17, 15) is 21.6 Å². The zero-order valence-electron chi connectivity index (χ0n) is 8.30. The van der Waals surface area contributed by atoms with Crippen LogP contribution in [0.4, 0.5) is 0 Å². The van der Waals surface area contributed by atoms with Crippen LogP contribution < -0.4 is 4.72 Å². The molecule has 0 fully saturated rings. The summed E-state index contributed by atoms with van der Waals surface area (Å²) in [5, 5.41) is -1.26. The number of carbonyl (C=O) groups excluding carboxylic acids is 1. The molecular weight excluding hydrogens is 244 g/mol. The van der Waals surface area contributed by atoms with E-state index in [1.54, 1.807) is 11.6 Å². The number of sulfone groups is 1. The minimum atomic E-state index is -4.26. The van der Waals surface area contributed by atoms with Crippen molar-refractivity contribution in [3.63, 3.8) is 0 Å². The van der Waals surface area contributed by atoms with Crippen molar-refractivity contribution in [3.05, 3.63) is 0 Å². The van der Waals surface area contributed by atoms with Crippen molar-refractivity contribution in [2.45, 2.75) is 25.1 Å². The Morgan fingerprint density at radius 2 is 1.87 bits per heavy atom. The molecule has 1 N–H and O–H groups in total. The Morgan fingerprint density at radius 3 is 2.20 bits per heavy atom. The van der Waals surface area contributed by atoms with E-state index in [4.69, 9.17) is 0 Å². The van der Waals surface area contributed by atoms with Crippen LogP contribution >= 0.6 is 0 Å². The maximum Gasteiger partial charge on any atom is 0.331 e. The summed E-state index contributed by atoms with van der Waals surface area (Å²) < 4.78 is 48.5. The monoisotopic (exact) mass is 256 g/mol. The van der Waals surface area contributed by atoms with Gasteiger partial charge >= 0.3 is 10.2 Å². The predicted octanol–water partition coefficient (Wildman–Crippen LogP) is -0.673. The summed E-state index contributed by atoms with van der Waals surface area (Å²) in [6.45, 7) is 1.70. The molecule has 0 bridgehead atoms. The van der Waals surface area contributed by atoms with Gasteiger partial charge < -0.3 is 0 Å². The highest BCUT2D eigenvalue weighted by Gasteiger charge is 2.24. The van der Waals surface area contributed by atoms with E-state index >= 15 is 0 Å². The Labute approximate surface area is 88.7 Å². The summed E-state index contributed by atoms with van der Waals surface area (Å²) in [5.41, 5.74) is 0. The second-order valence-electron chi connectivity index (χ2n) is 2.88. The van der Waals surface area contributed by atoms with E-state index in [2.05, 4.69) is 4.40 Å². The van der Waals surface area contributed by atoms with Crippen LogP contribution in [-0.4, -0.2) is 34.5 Å². The molecule has 15 heavy (non-hydrogen) atoms. The third-order valence-electron chi connectivity index (χ3n) is 1.51. The maximum absolute atomic E-state index is 11.1. The third-order valence-corrected chi connectivity index (χ3v) is 3.94. The van der Waals surface area contributed by atoms with Crippen molar-refractivity contribution >= 4 is 26.1 Å². The fraction of sp³-hybridized carbons (Fsp3) is 0.833. The Bertz CT molecular complexity index is 446. The fourth-order valence-electron chi connectivity index (χ4n) is 0.864. The minimum Gasteiger partial charge on any atom is -0.227 e. The lowest BCUT2D eigenvalue weighted by atomic mass is 10.3. The Balaban J connectivity index is 4.94. The van der Waals surface area contributed by atoms with Gasteiger partial charge in [0.2, 0.25) is 0 Å². The lowest BCUT2D eigenvalue weighted by Gasteiger charge is -2.13. The van der Waals surface area contributed by atoms with Gasteiger partial charge in [0.1, 0.15) is 5.37 Å². The molecule has 9 heteroatoms. The van der Waals surface area contributed by atoms with Crippen molar-refractivity contribution in [2.24, 2.45) is 4.40 Å². The van der Waals surface area contributed by atoms with E-state index in [1.807, 2.05) is 0 Å². The fourth-order valence-corrected chi connectivity index (χ4v) is 3.19. The number of isocyanates is 1. The van der Waals surface area contributed by atoms with Crippen LogP contribution in [0.15, 0.2) is 4.40 Å². The van der Waals surface area contributed by atoms with Crippen LogP contribution in [0.2, 0.25) is 0 Å². The quantitative estimate of drug-likeness (QED) is 0.500. The Kier molecular flexibility index (Phi) is 5.09. The van der Waals surface area contributed by atoms with Gasteiger partial charge in [0.25, 0.3) is 6.08 Å². The van der Waals surface area contributed by atoms with Gasteiger partial charge in [-0.25, -0.2) is 13.2 Å². The zero-order chi connectivity index (χ0) is 12.1. The first-order chi connectivity index (χ1) is 6.73. The van der Waals surface area contributed by atoms with Gasteiger partial charge in [-0.05, 0) is 6.42 Å². The third kappa shape index (κ3) is 5.63. The average molecular weight is 256 g/mol. The summed E-state index contributed by atoms with van der Waals surface area (Å²) in [6.07, 6.45) is 2.33. The van der Waals surface area contributed by atoms with Gasteiger partial charge in [0, 0.05) is 6.26 Å². The molecule has 1 atom stereocenters. The van der Waals surface area contributed by atoms with Gasteiger partial charge in [-0.3, -0.25) is 0 Å². The van der Waals surface area contributed by atoms with Crippen molar-refractivity contribution in [1.82, 2.24) is 4.72 Å². The first-order valence-corrected chi connectivity index (χ1v) is 7.42. The molecule has 0 rings (SSSR count). The summed E-state index contributed by atoms with van der Waals surface area (Å²) in [4.78, 5) is 9.75. The molecule has 1 unspecified atom stereocenters. The lowest BCUT2D eigenvalue weighted by Crippen LogP contribution is -2.39. The number of hydrogen-bond donors (Lipinski definition) is 1. The largest absolute Gasteiger partial charge is 0.331 e. The highest BCUT2D eigenvalue weighted by atomic mass is 32.2. The Hall–Kier alpha value is -0.760. The van der Waals surface area contributed by atoms with E-state index in [0.717, 1.165) is 12.3 Å². The molecule has 0 aromatic heterocycles. The van der Waals surface area contributed by atoms with E-state index in [1.165, 1.54) is 0 Å². The SMILES string of the molecule is CCCC(NS(=O)(=O)N=C=O)S(C)(=O)=O. The molecule has 0 radical (unpaired) electrons. The van der Waals surface area contributed by atoms with Crippen molar-refractivity contribution in [2.75, 3.05) is 6.26 Å². The molecule has 0 aromatic rings. The smallest absolute Gasteiger partial charge is 0.227 e. The molecule has 0 saturated carbocycles. The number of nitrogens with zero attached hydrogens (tertiary/aromatic N) is 1. The highest BCUT2D eigenvalue weighted by Crippen LogP contribution is 2.06. The molecule has 0 heterocycles. The van der Waals surface area contributed by atoms with Crippen LogP contribution in [0.3, 0.4) is 0 Å². The first-order valence-electron chi connectivity index (χ1n) is 4.03. The minimum absolute atomic E-state index is 0.118. The topological polar surface area (TPSA) is 110 Å². The van der Waals surface area contributed by atoms with Crippen LogP contribution in [0, 0.1) is 0 Å². The molecule has 0 aliphatic rings. The van der Waals surface area contributed by atoms with Crippen LogP contribution in [0.1, 0.15) is 19.8 Å². The van der Waals surface area contributed by atoms with Gasteiger partial charge in [-0.1, -0.05) is 17.7 Å². The maximum atomic E-state index is 11.1. The molecule has 0 aliphatic heterocycles. The number of nitrogens with one attached hydrogen (secondary N) is 1. The van der Waals surface area contributed by atoms with Crippen LogP contribution in [0.25, 0.3) is 0 Å². The normalized spacial score (nSPS) is 14.3. The number of rotatable bonds is 6. The van der Waals surface area contributed by atoms with Gasteiger partial charge in [-0.2, -0.15) is 13.1 Å². The van der Waals surface area contributed by atoms with Gasteiger partial charge in [0.05, 0.1) is 0 Å². The molecule has 0 saturated heterocycles. The van der Waals surface area contributed by atoms with Gasteiger partial charge in [-0.15, -0.1) is 0 Å². The van der Waals surface area contributed by atoms with E-state index < -0.39 is 25.4 Å². The Morgan fingerprint density at radius 1 is 1.33 bits per heavy atom. The molecule has 0 aliphatic carbocycles. The molecule has 88 valence electrons. The zero-order valence-corrected chi connectivity index (χ0v) is 9.93. The van der Waals surface area contributed by atoms with Crippen molar-refractivity contribution < 1.29 is 21.6 Å². The van der Waals surface area contributed by atoms with E-state index in [0.29, 0.717) is 6.42 Å². The van der Waals surface area contributed by atoms with Crippen molar-refractivity contribution in [3.8, 4) is 0 Å². The van der Waals surface area contributed by atoms with Crippen LogP contribution in [-0.2, 0) is 24.8 Å². The lowest BCUT2D eigenvalue weighted by molar-refractivity contribution is 0.543. The number of hydrogen-bond acceptors (Lipinski definition) is 5. The average Bonchev–Trinajstić information content (AvgIpc) is 2.01. The highest BCUT2D eigenvalue weighted by molar-refractivity contribution is 7.93. The summed E-state index contributed by atoms with van der Waals surface area (Å²) >= 11 is 0. The second kappa shape index (κ2) is 5.36. The standard InChI is InChI=1S/C6H12N2O5S2/c1-3-4-6(14(2,10)11)8-15(12,13)7-5-9/h6,8H,3-4H2,1-2H3. The molecule has 7 nitrogen and oxygen atoms in total. The molecule has 0 spiro atoms. The summed E-state index contributed by atoms with van der Waals surface area (Å²) in [7, 11) is -7.82. The molecular formula is C6H12N2O5S2. The van der Waals surface area contributed by atoms with Crippen LogP contribution in [0.5, 0.6) is 0 Å². The second-order valence-corrected chi connectivity index (χ2v) is 6.48. The van der Waals surface area contributed by atoms with Gasteiger partial charge in [0.15, 0.2) is 9.84 Å². The van der Waals surface area contributed by atoms with E-state index in [-0.39, 0.29) is 6.42 Å².